The van der Waals surface area contributed by atoms with E-state index >= 15 is 0 Å². The average Bonchev–Trinajstić information content (AvgIpc) is 2.88. The standard InChI is InChI=1S/C25H26N2O6S/c28-25(19-32-22-7-4-8-23(17-22)33-21-5-2-1-3-6-21)26-18-20-9-11-24(12-10-20)34(29,30)27-13-15-31-16-14-27/h1-12,17H,13-16,18-19H2,(H,26,28). The average molecular weight is 483 g/mol. The molecule has 1 N–H and O–H groups in total. The normalized spacial score (nSPS) is 14.4. The third-order valence-electron chi connectivity index (χ3n) is 5.18. The van der Waals surface area contributed by atoms with Crippen LogP contribution in [0, 0.1) is 0 Å². The van der Waals surface area contributed by atoms with E-state index < -0.39 is 10.0 Å². The van der Waals surface area contributed by atoms with Gasteiger partial charge in [0.2, 0.25) is 10.0 Å². The van der Waals surface area contributed by atoms with Crippen LogP contribution in [0.3, 0.4) is 0 Å². The molecule has 3 aromatic carbocycles. The van der Waals surface area contributed by atoms with Crippen molar-refractivity contribution >= 4 is 15.9 Å². The van der Waals surface area contributed by atoms with Gasteiger partial charge >= 0.3 is 0 Å². The molecule has 0 radical (unpaired) electrons. The number of sulfonamides is 1. The molecule has 0 atom stereocenters. The summed E-state index contributed by atoms with van der Waals surface area (Å²) in [6.07, 6.45) is 0. The van der Waals surface area contributed by atoms with Crippen LogP contribution in [0.4, 0.5) is 0 Å². The van der Waals surface area contributed by atoms with Crippen LogP contribution in [-0.2, 0) is 26.1 Å². The zero-order valence-electron chi connectivity index (χ0n) is 18.6. The molecule has 1 aliphatic rings. The molecule has 1 amide bonds. The lowest BCUT2D eigenvalue weighted by atomic mass is 10.2. The molecule has 3 aromatic rings. The fourth-order valence-electron chi connectivity index (χ4n) is 3.37. The van der Waals surface area contributed by atoms with Gasteiger partial charge in [0.1, 0.15) is 17.2 Å². The van der Waals surface area contributed by atoms with Crippen molar-refractivity contribution in [3.05, 3.63) is 84.4 Å². The van der Waals surface area contributed by atoms with Gasteiger partial charge in [-0.2, -0.15) is 4.31 Å². The number of hydrogen-bond acceptors (Lipinski definition) is 6. The maximum absolute atomic E-state index is 12.7. The van der Waals surface area contributed by atoms with Gasteiger partial charge in [0.25, 0.3) is 5.91 Å². The second-order valence-electron chi connectivity index (χ2n) is 7.62. The summed E-state index contributed by atoms with van der Waals surface area (Å²) in [5, 5.41) is 2.77. The highest BCUT2D eigenvalue weighted by atomic mass is 32.2. The maximum atomic E-state index is 12.7. The predicted octanol–water partition coefficient (Wildman–Crippen LogP) is 3.20. The third-order valence-corrected chi connectivity index (χ3v) is 7.09. The first-order chi connectivity index (χ1) is 16.5. The molecule has 1 fully saturated rings. The number of nitrogens with zero attached hydrogens (tertiary/aromatic N) is 1. The van der Waals surface area contributed by atoms with E-state index in [1.807, 2.05) is 36.4 Å². The van der Waals surface area contributed by atoms with Gasteiger partial charge in [0, 0.05) is 25.7 Å². The van der Waals surface area contributed by atoms with Gasteiger partial charge in [-0.05, 0) is 42.0 Å². The van der Waals surface area contributed by atoms with Gasteiger partial charge in [-0.3, -0.25) is 4.79 Å². The van der Waals surface area contributed by atoms with E-state index in [4.69, 9.17) is 14.2 Å². The van der Waals surface area contributed by atoms with Crippen molar-refractivity contribution in [3.63, 3.8) is 0 Å². The number of morpholine rings is 1. The quantitative estimate of drug-likeness (QED) is 0.503. The van der Waals surface area contributed by atoms with E-state index in [0.717, 1.165) is 5.56 Å². The Morgan fingerprint density at radius 2 is 1.56 bits per heavy atom. The lowest BCUT2D eigenvalue weighted by molar-refractivity contribution is -0.123. The highest BCUT2D eigenvalue weighted by Gasteiger charge is 2.26. The van der Waals surface area contributed by atoms with Crippen LogP contribution in [0.5, 0.6) is 17.2 Å². The van der Waals surface area contributed by atoms with Crippen LogP contribution < -0.4 is 14.8 Å². The first-order valence-corrected chi connectivity index (χ1v) is 12.3. The van der Waals surface area contributed by atoms with Crippen molar-refractivity contribution in [2.24, 2.45) is 0 Å². The molecule has 1 saturated heterocycles. The lowest BCUT2D eigenvalue weighted by Gasteiger charge is -2.26. The third kappa shape index (κ3) is 6.34. The molecule has 0 aromatic heterocycles. The monoisotopic (exact) mass is 482 g/mol. The van der Waals surface area contributed by atoms with Crippen molar-refractivity contribution in [2.75, 3.05) is 32.9 Å². The van der Waals surface area contributed by atoms with Crippen LogP contribution in [0.25, 0.3) is 0 Å². The summed E-state index contributed by atoms with van der Waals surface area (Å²) in [5.41, 5.74) is 0.785. The first-order valence-electron chi connectivity index (χ1n) is 10.9. The minimum atomic E-state index is -3.54. The van der Waals surface area contributed by atoms with Gasteiger partial charge in [0.15, 0.2) is 6.61 Å². The maximum Gasteiger partial charge on any atom is 0.258 e. The molecule has 1 aliphatic heterocycles. The van der Waals surface area contributed by atoms with E-state index in [0.29, 0.717) is 43.6 Å². The van der Waals surface area contributed by atoms with Crippen LogP contribution in [-0.4, -0.2) is 51.5 Å². The summed E-state index contributed by atoms with van der Waals surface area (Å²) >= 11 is 0. The largest absolute Gasteiger partial charge is 0.484 e. The predicted molar refractivity (Wildman–Crippen MR) is 126 cm³/mol. The topological polar surface area (TPSA) is 94.2 Å². The van der Waals surface area contributed by atoms with Gasteiger partial charge in [0.05, 0.1) is 18.1 Å². The van der Waals surface area contributed by atoms with E-state index in [2.05, 4.69) is 5.32 Å². The zero-order chi connectivity index (χ0) is 23.8. The molecular weight excluding hydrogens is 456 g/mol. The fraction of sp³-hybridized carbons (Fsp3) is 0.240. The number of carbonyl (C=O) groups excluding carboxylic acids is 1. The Kier molecular flexibility index (Phi) is 7.79. The van der Waals surface area contributed by atoms with Gasteiger partial charge in [-0.1, -0.05) is 36.4 Å². The Labute approximate surface area is 199 Å². The van der Waals surface area contributed by atoms with Crippen molar-refractivity contribution in [2.45, 2.75) is 11.4 Å². The molecule has 178 valence electrons. The molecule has 0 aliphatic carbocycles. The fourth-order valence-corrected chi connectivity index (χ4v) is 4.78. The van der Waals surface area contributed by atoms with Crippen LogP contribution in [0.1, 0.15) is 5.56 Å². The molecule has 9 heteroatoms. The second kappa shape index (κ2) is 11.1. The molecule has 0 bridgehead atoms. The van der Waals surface area contributed by atoms with Crippen molar-refractivity contribution in [3.8, 4) is 17.2 Å². The van der Waals surface area contributed by atoms with Gasteiger partial charge in [-0.15, -0.1) is 0 Å². The number of nitrogens with one attached hydrogen (secondary N) is 1. The van der Waals surface area contributed by atoms with Crippen molar-refractivity contribution < 1.29 is 27.4 Å². The summed E-state index contributed by atoms with van der Waals surface area (Å²) in [5.74, 6) is 1.54. The molecule has 8 nitrogen and oxygen atoms in total. The highest BCUT2D eigenvalue weighted by Crippen LogP contribution is 2.25. The number of carbonyl (C=O) groups is 1. The number of benzene rings is 3. The van der Waals surface area contributed by atoms with Crippen LogP contribution in [0.15, 0.2) is 83.8 Å². The summed E-state index contributed by atoms with van der Waals surface area (Å²) in [4.78, 5) is 12.4. The number of ether oxygens (including phenoxy) is 3. The van der Waals surface area contributed by atoms with Crippen molar-refractivity contribution in [1.29, 1.82) is 0 Å². The summed E-state index contributed by atoms with van der Waals surface area (Å²) < 4.78 is 43.4. The van der Waals surface area contributed by atoms with E-state index in [1.54, 1.807) is 42.5 Å². The highest BCUT2D eigenvalue weighted by molar-refractivity contribution is 7.89. The molecule has 0 spiro atoms. The zero-order valence-corrected chi connectivity index (χ0v) is 19.4. The Balaban J connectivity index is 1.25. The SMILES string of the molecule is O=C(COc1cccc(Oc2ccccc2)c1)NCc1ccc(S(=O)(=O)N2CCOCC2)cc1. The van der Waals surface area contributed by atoms with Crippen molar-refractivity contribution in [1.82, 2.24) is 9.62 Å². The lowest BCUT2D eigenvalue weighted by Crippen LogP contribution is -2.40. The van der Waals surface area contributed by atoms with E-state index in [1.165, 1.54) is 4.31 Å². The first kappa shape index (κ1) is 23.7. The minimum Gasteiger partial charge on any atom is -0.484 e. The Hall–Kier alpha value is -3.40. The molecular formula is C25H26N2O6S. The van der Waals surface area contributed by atoms with Crippen LogP contribution in [0.2, 0.25) is 0 Å². The van der Waals surface area contributed by atoms with Gasteiger partial charge in [-0.25, -0.2) is 8.42 Å². The molecule has 4 rings (SSSR count). The molecule has 0 unspecified atom stereocenters. The Bertz CT molecular complexity index is 1190. The minimum absolute atomic E-state index is 0.154. The van der Waals surface area contributed by atoms with Crippen LogP contribution >= 0.6 is 0 Å². The number of hydrogen-bond donors (Lipinski definition) is 1. The Morgan fingerprint density at radius 1 is 0.882 bits per heavy atom. The number of rotatable bonds is 9. The molecule has 1 heterocycles. The number of amides is 1. The van der Waals surface area contributed by atoms with Gasteiger partial charge < -0.3 is 19.5 Å². The molecule has 34 heavy (non-hydrogen) atoms. The van der Waals surface area contributed by atoms with E-state index in [9.17, 15) is 13.2 Å². The summed E-state index contributed by atoms with van der Waals surface area (Å²) in [6, 6.07) is 22.9. The van der Waals surface area contributed by atoms with E-state index in [-0.39, 0.29) is 24.0 Å². The molecule has 0 saturated carbocycles. The summed E-state index contributed by atoms with van der Waals surface area (Å²) in [6.45, 7) is 1.60. The summed E-state index contributed by atoms with van der Waals surface area (Å²) in [7, 11) is -3.54. The second-order valence-corrected chi connectivity index (χ2v) is 9.55. The smallest absolute Gasteiger partial charge is 0.258 e. The number of para-hydroxylation sites is 1. The Morgan fingerprint density at radius 3 is 2.29 bits per heavy atom.